The monoisotopic (exact) mass is 298 g/mol. The van der Waals surface area contributed by atoms with Gasteiger partial charge in [-0.05, 0) is 24.6 Å². The van der Waals surface area contributed by atoms with Crippen molar-refractivity contribution >= 4 is 21.4 Å². The van der Waals surface area contributed by atoms with Crippen LogP contribution in [0.1, 0.15) is 12.5 Å². The van der Waals surface area contributed by atoms with Gasteiger partial charge in [0.05, 0.1) is 5.75 Å². The highest BCUT2D eigenvalue weighted by Crippen LogP contribution is 2.23. The molecule has 102 valence electrons. The molecule has 0 unspecified atom stereocenters. The lowest BCUT2D eigenvalue weighted by molar-refractivity contribution is 0.478. The number of ether oxygens (including phenoxy) is 1. The van der Waals surface area contributed by atoms with Crippen molar-refractivity contribution in [1.82, 2.24) is 9.71 Å². The summed E-state index contributed by atoms with van der Waals surface area (Å²) in [6, 6.07) is 7.22. The third kappa shape index (κ3) is 4.30. The number of hydrogen-bond acceptors (Lipinski definition) is 5. The smallest absolute Gasteiger partial charge is 0.278 e. The zero-order chi connectivity index (χ0) is 13.7. The van der Waals surface area contributed by atoms with Gasteiger partial charge in [-0.15, -0.1) is 0 Å². The molecule has 0 spiro atoms. The molecule has 0 saturated heterocycles. The zero-order valence-electron chi connectivity index (χ0n) is 10.4. The molecular formula is C12H14N2O3S2. The second-order valence-electron chi connectivity index (χ2n) is 3.77. The summed E-state index contributed by atoms with van der Waals surface area (Å²) in [6.07, 6.45) is 1.67. The fraction of sp³-hybridized carbons (Fsp3) is 0.250. The minimum absolute atomic E-state index is 0.0816. The second-order valence-corrected chi connectivity index (χ2v) is 6.72. The van der Waals surface area contributed by atoms with Gasteiger partial charge >= 0.3 is 0 Å². The zero-order valence-corrected chi connectivity index (χ0v) is 12.0. The highest BCUT2D eigenvalue weighted by Gasteiger charge is 2.06. The lowest BCUT2D eigenvalue weighted by Gasteiger charge is -2.06. The number of nitrogens with one attached hydrogen (secondary N) is 1. The van der Waals surface area contributed by atoms with Gasteiger partial charge in [0.15, 0.2) is 0 Å². The van der Waals surface area contributed by atoms with Crippen molar-refractivity contribution in [3.8, 4) is 10.9 Å². The Bertz CT molecular complexity index is 607. The number of nitrogens with zero attached hydrogens (tertiary/aromatic N) is 1. The molecule has 2 aromatic rings. The van der Waals surface area contributed by atoms with Gasteiger partial charge in [-0.1, -0.05) is 23.5 Å². The Morgan fingerprint density at radius 1 is 1.32 bits per heavy atom. The predicted octanol–water partition coefficient (Wildman–Crippen LogP) is 2.37. The van der Waals surface area contributed by atoms with Gasteiger partial charge in [-0.25, -0.2) is 18.1 Å². The van der Waals surface area contributed by atoms with E-state index in [-0.39, 0.29) is 12.3 Å². The molecule has 5 nitrogen and oxygen atoms in total. The summed E-state index contributed by atoms with van der Waals surface area (Å²) < 4.78 is 30.6. The third-order valence-electron chi connectivity index (χ3n) is 2.41. The van der Waals surface area contributed by atoms with Crippen LogP contribution < -0.4 is 9.46 Å². The lowest BCUT2D eigenvalue weighted by Crippen LogP contribution is -2.24. The summed E-state index contributed by atoms with van der Waals surface area (Å²) in [6.45, 7) is 1.89. The fourth-order valence-corrected chi connectivity index (χ4v) is 2.43. The molecule has 0 aliphatic heterocycles. The van der Waals surface area contributed by atoms with Crippen molar-refractivity contribution in [3.63, 3.8) is 0 Å². The average Bonchev–Trinajstić information content (AvgIpc) is 2.91. The molecule has 7 heteroatoms. The first-order valence-electron chi connectivity index (χ1n) is 5.72. The SMILES string of the molecule is CCS(=O)(=O)NCc1ccc(Oc2nccs2)cc1. The molecule has 1 aromatic carbocycles. The number of rotatable bonds is 6. The first-order chi connectivity index (χ1) is 9.09. The molecule has 1 aromatic heterocycles. The highest BCUT2D eigenvalue weighted by atomic mass is 32.2. The van der Waals surface area contributed by atoms with Gasteiger partial charge in [0, 0.05) is 18.1 Å². The molecule has 0 fully saturated rings. The number of benzene rings is 1. The summed E-state index contributed by atoms with van der Waals surface area (Å²) in [7, 11) is -3.16. The van der Waals surface area contributed by atoms with Crippen molar-refractivity contribution < 1.29 is 13.2 Å². The Hall–Kier alpha value is -1.44. The van der Waals surface area contributed by atoms with Crippen molar-refractivity contribution in [2.24, 2.45) is 0 Å². The van der Waals surface area contributed by atoms with Crippen LogP contribution in [0, 0.1) is 0 Å². The van der Waals surface area contributed by atoms with Crippen LogP contribution in [0.5, 0.6) is 10.9 Å². The molecular weight excluding hydrogens is 284 g/mol. The van der Waals surface area contributed by atoms with Crippen LogP contribution in [-0.4, -0.2) is 19.2 Å². The fourth-order valence-electron chi connectivity index (χ4n) is 1.33. The Labute approximate surface area is 116 Å². The molecule has 2 rings (SSSR count). The quantitative estimate of drug-likeness (QED) is 0.889. The molecule has 0 aliphatic carbocycles. The van der Waals surface area contributed by atoms with E-state index in [1.165, 1.54) is 11.3 Å². The van der Waals surface area contributed by atoms with Gasteiger partial charge in [0.2, 0.25) is 10.0 Å². The van der Waals surface area contributed by atoms with Crippen LogP contribution in [0.25, 0.3) is 0 Å². The molecule has 0 bridgehead atoms. The van der Waals surface area contributed by atoms with Crippen molar-refractivity contribution in [2.45, 2.75) is 13.5 Å². The van der Waals surface area contributed by atoms with E-state index < -0.39 is 10.0 Å². The normalized spacial score (nSPS) is 11.4. The number of thiazole rings is 1. The Balaban J connectivity index is 1.95. The molecule has 1 heterocycles. The second kappa shape index (κ2) is 6.14. The van der Waals surface area contributed by atoms with Gasteiger partial charge in [0.1, 0.15) is 5.75 Å². The molecule has 0 saturated carbocycles. The van der Waals surface area contributed by atoms with Gasteiger partial charge in [-0.3, -0.25) is 0 Å². The van der Waals surface area contributed by atoms with Crippen LogP contribution >= 0.6 is 11.3 Å². The highest BCUT2D eigenvalue weighted by molar-refractivity contribution is 7.89. The maximum atomic E-state index is 11.3. The maximum absolute atomic E-state index is 11.3. The minimum Gasteiger partial charge on any atom is -0.431 e. The summed E-state index contributed by atoms with van der Waals surface area (Å²) in [5, 5.41) is 2.42. The first-order valence-corrected chi connectivity index (χ1v) is 8.26. The topological polar surface area (TPSA) is 68.3 Å². The molecule has 19 heavy (non-hydrogen) atoms. The summed E-state index contributed by atoms with van der Waals surface area (Å²) in [5.41, 5.74) is 0.878. The van der Waals surface area contributed by atoms with Crippen LogP contribution in [0.4, 0.5) is 0 Å². The summed E-state index contributed by atoms with van der Waals surface area (Å²) in [4.78, 5) is 4.02. The largest absolute Gasteiger partial charge is 0.431 e. The number of aromatic nitrogens is 1. The Kier molecular flexibility index (Phi) is 4.52. The average molecular weight is 298 g/mol. The van der Waals surface area contributed by atoms with E-state index in [1.807, 2.05) is 17.5 Å². The van der Waals surface area contributed by atoms with E-state index in [0.717, 1.165) is 5.56 Å². The van der Waals surface area contributed by atoms with E-state index >= 15 is 0 Å². The first kappa shape index (κ1) is 14.0. The van der Waals surface area contributed by atoms with Crippen molar-refractivity contribution in [2.75, 3.05) is 5.75 Å². The molecule has 0 atom stereocenters. The Morgan fingerprint density at radius 3 is 2.63 bits per heavy atom. The maximum Gasteiger partial charge on any atom is 0.278 e. The van der Waals surface area contributed by atoms with E-state index in [4.69, 9.17) is 4.74 Å². The standard InChI is InChI=1S/C12H14N2O3S2/c1-2-19(15,16)14-9-10-3-5-11(6-4-10)17-12-13-7-8-18-12/h3-8,14H,2,9H2,1H3. The molecule has 1 N–H and O–H groups in total. The van der Waals surface area contributed by atoms with Crippen LogP contribution in [0.15, 0.2) is 35.8 Å². The predicted molar refractivity (Wildman–Crippen MR) is 74.9 cm³/mol. The molecule has 0 radical (unpaired) electrons. The summed E-state index contributed by atoms with van der Waals surface area (Å²) in [5.74, 6) is 0.759. The van der Waals surface area contributed by atoms with Crippen LogP contribution in [0.2, 0.25) is 0 Å². The molecule has 0 amide bonds. The lowest BCUT2D eigenvalue weighted by atomic mass is 10.2. The van der Waals surface area contributed by atoms with E-state index in [1.54, 1.807) is 25.3 Å². The third-order valence-corrected chi connectivity index (χ3v) is 4.41. The van der Waals surface area contributed by atoms with Crippen LogP contribution in [-0.2, 0) is 16.6 Å². The van der Waals surface area contributed by atoms with Gasteiger partial charge < -0.3 is 4.74 Å². The number of sulfonamides is 1. The van der Waals surface area contributed by atoms with Gasteiger partial charge in [0.25, 0.3) is 5.19 Å². The Morgan fingerprint density at radius 2 is 2.05 bits per heavy atom. The van der Waals surface area contributed by atoms with Crippen molar-refractivity contribution in [3.05, 3.63) is 41.4 Å². The molecule has 0 aliphatic rings. The van der Waals surface area contributed by atoms with E-state index in [0.29, 0.717) is 10.9 Å². The van der Waals surface area contributed by atoms with Crippen LogP contribution in [0.3, 0.4) is 0 Å². The van der Waals surface area contributed by atoms with E-state index in [2.05, 4.69) is 9.71 Å². The minimum atomic E-state index is -3.16. The summed E-state index contributed by atoms with van der Waals surface area (Å²) >= 11 is 1.41. The van der Waals surface area contributed by atoms with Crippen molar-refractivity contribution in [1.29, 1.82) is 0 Å². The number of hydrogen-bond donors (Lipinski definition) is 1. The van der Waals surface area contributed by atoms with E-state index in [9.17, 15) is 8.42 Å². The van der Waals surface area contributed by atoms with Gasteiger partial charge in [-0.2, -0.15) is 0 Å².